The van der Waals surface area contributed by atoms with Gasteiger partial charge in [-0.25, -0.2) is 0 Å². The summed E-state index contributed by atoms with van der Waals surface area (Å²) in [4.78, 5) is 0. The Labute approximate surface area is 136 Å². The maximum atomic E-state index is 12.3. The van der Waals surface area contributed by atoms with Crippen molar-refractivity contribution in [2.75, 3.05) is 13.3 Å². The minimum Gasteiger partial charge on any atom is -0.492 e. The van der Waals surface area contributed by atoms with Crippen LogP contribution in [0.2, 0.25) is 0 Å². The van der Waals surface area contributed by atoms with Crippen molar-refractivity contribution in [3.63, 3.8) is 0 Å². The van der Waals surface area contributed by atoms with Crippen molar-refractivity contribution < 1.29 is 9.13 Å². The van der Waals surface area contributed by atoms with Crippen LogP contribution in [-0.2, 0) is 10.8 Å². The quantitative estimate of drug-likeness (QED) is 0.477. The van der Waals surface area contributed by atoms with Crippen molar-refractivity contribution >= 4 is 22.6 Å². The van der Waals surface area contributed by atoms with Gasteiger partial charge in [0.05, 0.1) is 16.9 Å². The third kappa shape index (κ3) is 4.61. The molecule has 0 atom stereocenters. The SMILES string of the molecule is CC(C)(C)c1cc(I)c(OCCCF)c(C(C)(C)C)c1. The molecule has 0 radical (unpaired) electrons. The highest BCUT2D eigenvalue weighted by Gasteiger charge is 2.25. The lowest BCUT2D eigenvalue weighted by molar-refractivity contribution is 0.281. The van der Waals surface area contributed by atoms with E-state index in [9.17, 15) is 4.39 Å². The zero-order chi connectivity index (χ0) is 15.6. The van der Waals surface area contributed by atoms with Crippen LogP contribution in [0.3, 0.4) is 0 Å². The summed E-state index contributed by atoms with van der Waals surface area (Å²) in [7, 11) is 0. The molecule has 1 aromatic carbocycles. The molecule has 0 aliphatic carbocycles. The van der Waals surface area contributed by atoms with Crippen LogP contribution in [-0.4, -0.2) is 13.3 Å². The Morgan fingerprint density at radius 1 is 1.05 bits per heavy atom. The first-order valence-corrected chi connectivity index (χ1v) is 8.18. The van der Waals surface area contributed by atoms with E-state index in [0.717, 1.165) is 9.32 Å². The van der Waals surface area contributed by atoms with E-state index in [1.54, 1.807) is 0 Å². The van der Waals surface area contributed by atoms with Crippen LogP contribution >= 0.6 is 22.6 Å². The fourth-order valence-corrected chi connectivity index (χ4v) is 2.74. The number of alkyl halides is 1. The Kier molecular flexibility index (Phi) is 5.88. The number of ether oxygens (including phenoxy) is 1. The predicted octanol–water partition coefficient (Wildman–Crippen LogP) is 5.62. The predicted molar refractivity (Wildman–Crippen MR) is 92.6 cm³/mol. The summed E-state index contributed by atoms with van der Waals surface area (Å²) in [6.07, 6.45) is 0.445. The van der Waals surface area contributed by atoms with Gasteiger partial charge in [-0.2, -0.15) is 0 Å². The van der Waals surface area contributed by atoms with Crippen molar-refractivity contribution in [1.29, 1.82) is 0 Å². The van der Waals surface area contributed by atoms with Crippen LogP contribution < -0.4 is 4.74 Å². The van der Waals surface area contributed by atoms with Crippen molar-refractivity contribution in [3.05, 3.63) is 26.8 Å². The first-order valence-electron chi connectivity index (χ1n) is 7.10. The van der Waals surface area contributed by atoms with E-state index >= 15 is 0 Å². The molecule has 0 aliphatic heterocycles. The Morgan fingerprint density at radius 3 is 2.10 bits per heavy atom. The fourth-order valence-electron chi connectivity index (χ4n) is 1.96. The molecule has 3 heteroatoms. The van der Waals surface area contributed by atoms with Gasteiger partial charge in [-0.1, -0.05) is 47.6 Å². The van der Waals surface area contributed by atoms with Crippen LogP contribution in [0.1, 0.15) is 59.1 Å². The topological polar surface area (TPSA) is 9.23 Å². The Bertz CT molecular complexity index is 455. The molecule has 1 rings (SSSR count). The molecule has 1 nitrogen and oxygen atoms in total. The molecular formula is C17H26FIO. The first-order chi connectivity index (χ1) is 9.07. The first kappa shape index (κ1) is 17.7. The zero-order valence-corrected chi connectivity index (χ0v) is 15.6. The Balaban J connectivity index is 3.29. The van der Waals surface area contributed by atoms with Gasteiger partial charge in [-0.05, 0) is 45.1 Å². The van der Waals surface area contributed by atoms with E-state index in [4.69, 9.17) is 4.74 Å². The average Bonchev–Trinajstić information content (AvgIpc) is 2.28. The van der Waals surface area contributed by atoms with Crippen molar-refractivity contribution in [3.8, 4) is 5.75 Å². The van der Waals surface area contributed by atoms with Gasteiger partial charge in [0, 0.05) is 12.0 Å². The van der Waals surface area contributed by atoms with Gasteiger partial charge in [0.15, 0.2) is 0 Å². The largest absolute Gasteiger partial charge is 0.492 e. The molecule has 0 N–H and O–H groups in total. The molecule has 1 aromatic rings. The van der Waals surface area contributed by atoms with Crippen LogP contribution in [0.25, 0.3) is 0 Å². The number of halogens is 2. The second-order valence-corrected chi connectivity index (χ2v) is 8.39. The van der Waals surface area contributed by atoms with Gasteiger partial charge in [0.25, 0.3) is 0 Å². The van der Waals surface area contributed by atoms with E-state index in [1.807, 2.05) is 0 Å². The van der Waals surface area contributed by atoms with Gasteiger partial charge in [-0.3, -0.25) is 4.39 Å². The highest BCUT2D eigenvalue weighted by molar-refractivity contribution is 14.1. The molecule has 0 amide bonds. The van der Waals surface area contributed by atoms with Gasteiger partial charge >= 0.3 is 0 Å². The number of benzene rings is 1. The van der Waals surface area contributed by atoms with E-state index < -0.39 is 0 Å². The van der Waals surface area contributed by atoms with Crippen LogP contribution in [0.4, 0.5) is 4.39 Å². The summed E-state index contributed by atoms with van der Waals surface area (Å²) >= 11 is 2.32. The molecule has 0 saturated heterocycles. The van der Waals surface area contributed by atoms with E-state index in [0.29, 0.717) is 13.0 Å². The maximum absolute atomic E-state index is 12.3. The van der Waals surface area contributed by atoms with Crippen LogP contribution in [0.15, 0.2) is 12.1 Å². The van der Waals surface area contributed by atoms with E-state index in [1.165, 1.54) is 11.1 Å². The molecule has 0 unspecified atom stereocenters. The van der Waals surface area contributed by atoms with Crippen LogP contribution in [0.5, 0.6) is 5.75 Å². The lowest BCUT2D eigenvalue weighted by atomic mass is 9.80. The summed E-state index contributed by atoms with van der Waals surface area (Å²) in [6, 6.07) is 4.42. The zero-order valence-electron chi connectivity index (χ0n) is 13.4. The maximum Gasteiger partial charge on any atom is 0.136 e. The van der Waals surface area contributed by atoms with E-state index in [2.05, 4.69) is 76.3 Å². The number of hydrogen-bond donors (Lipinski definition) is 0. The van der Waals surface area contributed by atoms with Gasteiger partial charge < -0.3 is 4.74 Å². The van der Waals surface area contributed by atoms with Crippen molar-refractivity contribution in [1.82, 2.24) is 0 Å². The van der Waals surface area contributed by atoms with Gasteiger partial charge in [0.1, 0.15) is 5.75 Å². The minimum absolute atomic E-state index is 0.00618. The fraction of sp³-hybridized carbons (Fsp3) is 0.647. The summed E-state index contributed by atoms with van der Waals surface area (Å²) in [5.74, 6) is 0.916. The molecular weight excluding hydrogens is 366 g/mol. The summed E-state index contributed by atoms with van der Waals surface area (Å²) < 4.78 is 19.2. The standard InChI is InChI=1S/C17H26FIO/c1-16(2,3)12-10-13(17(4,5)6)15(14(19)11-12)20-9-7-8-18/h10-11H,7-9H2,1-6H3. The monoisotopic (exact) mass is 392 g/mol. The number of hydrogen-bond acceptors (Lipinski definition) is 1. The second kappa shape index (κ2) is 6.63. The lowest BCUT2D eigenvalue weighted by Crippen LogP contribution is -2.19. The summed E-state index contributed by atoms with van der Waals surface area (Å²) in [5, 5.41) is 0. The highest BCUT2D eigenvalue weighted by Crippen LogP contribution is 2.39. The Morgan fingerprint density at radius 2 is 1.65 bits per heavy atom. The highest BCUT2D eigenvalue weighted by atomic mass is 127. The summed E-state index contributed by atoms with van der Waals surface area (Å²) in [5.41, 5.74) is 2.63. The number of rotatable bonds is 4. The van der Waals surface area contributed by atoms with Crippen molar-refractivity contribution in [2.45, 2.75) is 58.8 Å². The average molecular weight is 392 g/mol. The molecule has 0 aliphatic rings. The molecule has 114 valence electrons. The molecule has 0 fully saturated rings. The summed E-state index contributed by atoms with van der Waals surface area (Å²) in [6.45, 7) is 13.3. The van der Waals surface area contributed by atoms with E-state index in [-0.39, 0.29) is 17.5 Å². The van der Waals surface area contributed by atoms with Gasteiger partial charge in [0.2, 0.25) is 0 Å². The molecule has 0 aromatic heterocycles. The molecule has 0 heterocycles. The third-order valence-electron chi connectivity index (χ3n) is 3.24. The molecule has 0 bridgehead atoms. The normalized spacial score (nSPS) is 12.6. The van der Waals surface area contributed by atoms with Gasteiger partial charge in [-0.15, -0.1) is 0 Å². The van der Waals surface area contributed by atoms with Crippen LogP contribution in [0, 0.1) is 3.57 Å². The Hall–Kier alpha value is -0.320. The van der Waals surface area contributed by atoms with Crippen molar-refractivity contribution in [2.24, 2.45) is 0 Å². The molecule has 20 heavy (non-hydrogen) atoms. The second-order valence-electron chi connectivity index (χ2n) is 7.23. The third-order valence-corrected chi connectivity index (χ3v) is 4.04. The minimum atomic E-state index is -0.332. The smallest absolute Gasteiger partial charge is 0.136 e. The lowest BCUT2D eigenvalue weighted by Gasteiger charge is -2.28. The molecule has 0 spiro atoms. The molecule has 0 saturated carbocycles.